The van der Waals surface area contributed by atoms with E-state index in [1.165, 1.54) is 12.1 Å². The topological polar surface area (TPSA) is 92.2 Å². The molecule has 34 heavy (non-hydrogen) atoms. The van der Waals surface area contributed by atoms with E-state index in [0.717, 1.165) is 37.1 Å². The fraction of sp³-hybridized carbons (Fsp3) is 0.333. The first-order valence-electron chi connectivity index (χ1n) is 11.2. The fourth-order valence-electron chi connectivity index (χ4n) is 4.39. The van der Waals surface area contributed by atoms with Crippen LogP contribution in [0.25, 0.3) is 10.9 Å². The Morgan fingerprint density at radius 2 is 1.85 bits per heavy atom. The van der Waals surface area contributed by atoms with Crippen molar-refractivity contribution in [3.8, 4) is 5.75 Å². The average molecular weight is 464 g/mol. The van der Waals surface area contributed by atoms with E-state index < -0.39 is 6.04 Å². The average Bonchev–Trinajstić information content (AvgIpc) is 3.29. The fourth-order valence-corrected chi connectivity index (χ4v) is 4.39. The van der Waals surface area contributed by atoms with Crippen molar-refractivity contribution in [1.82, 2.24) is 35.0 Å². The lowest BCUT2D eigenvalue weighted by Crippen LogP contribution is -2.47. The highest BCUT2D eigenvalue weighted by Crippen LogP contribution is 2.28. The smallest absolute Gasteiger partial charge is 0.253 e. The van der Waals surface area contributed by atoms with Gasteiger partial charge in [0, 0.05) is 37.8 Å². The number of piperazine rings is 1. The summed E-state index contributed by atoms with van der Waals surface area (Å²) in [5.41, 5.74) is 1.96. The molecule has 0 amide bonds. The van der Waals surface area contributed by atoms with Crippen molar-refractivity contribution >= 4 is 10.9 Å². The van der Waals surface area contributed by atoms with Gasteiger partial charge in [0.1, 0.15) is 17.6 Å². The van der Waals surface area contributed by atoms with Gasteiger partial charge in [-0.2, -0.15) is 0 Å². The number of hydrogen-bond acceptors (Lipinski definition) is 7. The highest BCUT2D eigenvalue weighted by atomic mass is 19.1. The molecule has 1 aliphatic rings. The largest absolute Gasteiger partial charge is 0.497 e. The summed E-state index contributed by atoms with van der Waals surface area (Å²) in [6.07, 6.45) is 0. The van der Waals surface area contributed by atoms with E-state index in [0.29, 0.717) is 29.2 Å². The second kappa shape index (κ2) is 9.32. The maximum atomic E-state index is 13.4. The Hall–Kier alpha value is -3.63. The zero-order valence-corrected chi connectivity index (χ0v) is 19.1. The van der Waals surface area contributed by atoms with E-state index >= 15 is 0 Å². The number of nitrogens with one attached hydrogen (secondary N) is 1. The molecule has 1 saturated heterocycles. The van der Waals surface area contributed by atoms with Crippen LogP contribution in [0.2, 0.25) is 0 Å². The van der Waals surface area contributed by atoms with Crippen LogP contribution in [-0.4, -0.2) is 75.3 Å². The van der Waals surface area contributed by atoms with Gasteiger partial charge in [-0.05, 0) is 58.8 Å². The number of aromatic amines is 1. The molecule has 0 radical (unpaired) electrons. The summed E-state index contributed by atoms with van der Waals surface area (Å²) < 4.78 is 20.4. The number of hydrogen-bond donors (Lipinski definition) is 1. The van der Waals surface area contributed by atoms with E-state index in [9.17, 15) is 9.18 Å². The van der Waals surface area contributed by atoms with E-state index in [1.54, 1.807) is 23.9 Å². The van der Waals surface area contributed by atoms with E-state index in [4.69, 9.17) is 4.74 Å². The molecule has 5 rings (SSSR count). The van der Waals surface area contributed by atoms with E-state index in [1.807, 2.05) is 24.3 Å². The van der Waals surface area contributed by atoms with Crippen LogP contribution >= 0.6 is 0 Å². The Kier molecular flexibility index (Phi) is 6.08. The number of rotatable bonds is 6. The molecule has 176 valence electrons. The molecular weight excluding hydrogens is 437 g/mol. The van der Waals surface area contributed by atoms with Gasteiger partial charge in [-0.3, -0.25) is 9.69 Å². The van der Waals surface area contributed by atoms with Gasteiger partial charge < -0.3 is 14.6 Å². The Morgan fingerprint density at radius 1 is 1.09 bits per heavy atom. The predicted molar refractivity (Wildman–Crippen MR) is 125 cm³/mol. The number of aromatic nitrogens is 5. The zero-order valence-electron chi connectivity index (χ0n) is 19.1. The van der Waals surface area contributed by atoms with Crippen LogP contribution in [0.3, 0.4) is 0 Å². The third-order valence-corrected chi connectivity index (χ3v) is 6.33. The molecular formula is C24H26FN7O2. The number of nitrogens with zero attached hydrogens (tertiary/aromatic N) is 6. The van der Waals surface area contributed by atoms with Crippen LogP contribution in [-0.2, 0) is 6.54 Å². The number of benzene rings is 2. The Bertz CT molecular complexity index is 1340. The number of methoxy groups -OCH3 is 1. The van der Waals surface area contributed by atoms with Crippen LogP contribution in [0, 0.1) is 5.82 Å². The number of fused-ring (bicyclic) bond motifs is 1. The second-order valence-electron chi connectivity index (χ2n) is 8.57. The maximum Gasteiger partial charge on any atom is 0.253 e. The summed E-state index contributed by atoms with van der Waals surface area (Å²) in [6, 6.07) is 13.3. The van der Waals surface area contributed by atoms with Gasteiger partial charge in [-0.25, -0.2) is 9.07 Å². The van der Waals surface area contributed by atoms with Crippen molar-refractivity contribution in [3.63, 3.8) is 0 Å². The van der Waals surface area contributed by atoms with Crippen LogP contribution < -0.4 is 10.3 Å². The molecule has 2 aromatic heterocycles. The van der Waals surface area contributed by atoms with Crippen molar-refractivity contribution in [2.45, 2.75) is 12.6 Å². The third kappa shape index (κ3) is 4.42. The summed E-state index contributed by atoms with van der Waals surface area (Å²) in [5, 5.41) is 13.4. The van der Waals surface area contributed by atoms with Crippen LogP contribution in [0.15, 0.2) is 53.3 Å². The lowest BCUT2D eigenvalue weighted by atomic mass is 10.0. The first kappa shape index (κ1) is 22.2. The molecule has 9 nitrogen and oxygen atoms in total. The molecule has 3 heterocycles. The predicted octanol–water partition coefficient (Wildman–Crippen LogP) is 2.05. The molecule has 1 atom stereocenters. The molecule has 4 aromatic rings. The Morgan fingerprint density at radius 3 is 2.59 bits per heavy atom. The number of ether oxygens (including phenoxy) is 1. The Labute approximate surface area is 195 Å². The summed E-state index contributed by atoms with van der Waals surface area (Å²) in [6.45, 7) is 3.66. The molecule has 1 N–H and O–H groups in total. The SMILES string of the molecule is COc1ccc2cc([C@H](c3nnnn3Cc3ccc(F)cc3)N3CCN(C)CC3)c(=O)[nH]c2c1. The summed E-state index contributed by atoms with van der Waals surface area (Å²) in [4.78, 5) is 20.8. The lowest BCUT2D eigenvalue weighted by Gasteiger charge is -2.37. The van der Waals surface area contributed by atoms with Crippen molar-refractivity contribution in [2.24, 2.45) is 0 Å². The molecule has 2 aromatic carbocycles. The molecule has 1 fully saturated rings. The third-order valence-electron chi connectivity index (χ3n) is 6.33. The molecule has 0 aliphatic carbocycles. The molecule has 0 spiro atoms. The first-order valence-corrected chi connectivity index (χ1v) is 11.2. The highest BCUT2D eigenvalue weighted by Gasteiger charge is 2.32. The van der Waals surface area contributed by atoms with Crippen LogP contribution in [0.5, 0.6) is 5.75 Å². The zero-order chi connectivity index (χ0) is 23.7. The number of H-pyrrole nitrogens is 1. The van der Waals surface area contributed by atoms with Gasteiger partial charge in [0.2, 0.25) is 0 Å². The number of tetrazole rings is 1. The van der Waals surface area contributed by atoms with Crippen molar-refractivity contribution in [2.75, 3.05) is 40.3 Å². The minimum atomic E-state index is -0.431. The molecule has 0 saturated carbocycles. The van der Waals surface area contributed by atoms with E-state index in [2.05, 4.69) is 37.4 Å². The van der Waals surface area contributed by atoms with Gasteiger partial charge in [-0.15, -0.1) is 5.10 Å². The quantitative estimate of drug-likeness (QED) is 0.468. The van der Waals surface area contributed by atoms with Gasteiger partial charge in [0.25, 0.3) is 5.56 Å². The molecule has 0 bridgehead atoms. The molecule has 1 aliphatic heterocycles. The number of halogens is 1. The number of pyridine rings is 1. The van der Waals surface area contributed by atoms with Crippen molar-refractivity contribution < 1.29 is 9.13 Å². The molecule has 0 unspecified atom stereocenters. The van der Waals surface area contributed by atoms with Gasteiger partial charge in [-0.1, -0.05) is 12.1 Å². The Balaban J connectivity index is 1.59. The van der Waals surface area contributed by atoms with Crippen molar-refractivity contribution in [1.29, 1.82) is 0 Å². The van der Waals surface area contributed by atoms with Gasteiger partial charge in [0.15, 0.2) is 5.82 Å². The van der Waals surface area contributed by atoms with Crippen molar-refractivity contribution in [3.05, 3.63) is 81.7 Å². The lowest BCUT2D eigenvalue weighted by molar-refractivity contribution is 0.121. The van der Waals surface area contributed by atoms with Crippen LogP contribution in [0.1, 0.15) is 23.0 Å². The standard InChI is InChI=1S/C24H26FN7O2/c1-30-9-11-31(12-10-30)22(20-13-17-5-8-19(34-2)14-21(17)26-24(20)33)23-27-28-29-32(23)15-16-3-6-18(25)7-4-16/h3-8,13-14,22H,9-12,15H2,1-2H3,(H,26,33)/t22-/m1/s1. The monoisotopic (exact) mass is 463 g/mol. The maximum absolute atomic E-state index is 13.4. The summed E-state index contributed by atoms with van der Waals surface area (Å²) >= 11 is 0. The molecule has 10 heteroatoms. The minimum absolute atomic E-state index is 0.194. The van der Waals surface area contributed by atoms with Crippen LogP contribution in [0.4, 0.5) is 4.39 Å². The minimum Gasteiger partial charge on any atom is -0.497 e. The van der Waals surface area contributed by atoms with Gasteiger partial charge in [0.05, 0.1) is 19.2 Å². The highest BCUT2D eigenvalue weighted by molar-refractivity contribution is 5.80. The normalized spacial score (nSPS) is 16.1. The van der Waals surface area contributed by atoms with E-state index in [-0.39, 0.29) is 11.4 Å². The second-order valence-corrected chi connectivity index (χ2v) is 8.57. The number of likely N-dealkylation sites (N-methyl/N-ethyl adjacent to an activating group) is 1. The van der Waals surface area contributed by atoms with Gasteiger partial charge >= 0.3 is 0 Å². The summed E-state index contributed by atoms with van der Waals surface area (Å²) in [7, 11) is 3.68. The first-order chi connectivity index (χ1) is 16.5. The summed E-state index contributed by atoms with van der Waals surface area (Å²) in [5.74, 6) is 0.956.